The van der Waals surface area contributed by atoms with E-state index in [1.807, 2.05) is 6.26 Å². The highest BCUT2D eigenvalue weighted by Crippen LogP contribution is 1.98. The number of rotatable bonds is 4. The molecule has 0 rings (SSSR count). The molecular formula is C5H11NO2S. The maximum Gasteiger partial charge on any atom is 0.246 e. The lowest BCUT2D eigenvalue weighted by atomic mass is 10.3. The van der Waals surface area contributed by atoms with Crippen molar-refractivity contribution < 1.29 is 9.90 Å². The molecule has 0 heterocycles. The molecule has 3 N–H and O–H groups in total. The van der Waals surface area contributed by atoms with Gasteiger partial charge in [-0.15, -0.1) is 0 Å². The molecule has 1 unspecified atom stereocenters. The topological polar surface area (TPSA) is 63.3 Å². The number of primary amides is 1. The Balaban J connectivity index is 3.27. The van der Waals surface area contributed by atoms with Gasteiger partial charge in [0.2, 0.25) is 5.91 Å². The highest BCUT2D eigenvalue weighted by molar-refractivity contribution is 7.98. The van der Waals surface area contributed by atoms with Gasteiger partial charge in [0.05, 0.1) is 0 Å². The Kier molecular flexibility index (Phi) is 4.53. The fourth-order valence-corrected chi connectivity index (χ4v) is 0.831. The molecule has 0 aliphatic heterocycles. The molecule has 3 nitrogen and oxygen atoms in total. The van der Waals surface area contributed by atoms with Gasteiger partial charge in [-0.1, -0.05) is 0 Å². The molecule has 0 aromatic carbocycles. The fourth-order valence-electron chi connectivity index (χ4n) is 0.372. The molecule has 1 amide bonds. The van der Waals surface area contributed by atoms with E-state index in [0.29, 0.717) is 6.42 Å². The summed E-state index contributed by atoms with van der Waals surface area (Å²) in [6, 6.07) is 0. The van der Waals surface area contributed by atoms with E-state index in [1.165, 1.54) is 0 Å². The summed E-state index contributed by atoms with van der Waals surface area (Å²) in [7, 11) is 0. The summed E-state index contributed by atoms with van der Waals surface area (Å²) in [4.78, 5) is 10.2. The number of carbonyl (C=O) groups is 1. The molecular weight excluding hydrogens is 138 g/mol. The quantitative estimate of drug-likeness (QED) is 0.571. The van der Waals surface area contributed by atoms with Gasteiger partial charge < -0.3 is 10.8 Å². The van der Waals surface area contributed by atoms with Crippen LogP contribution in [0.3, 0.4) is 0 Å². The Bertz CT molecular complexity index is 97.0. The molecule has 0 fully saturated rings. The van der Waals surface area contributed by atoms with Crippen molar-refractivity contribution in [3.63, 3.8) is 0 Å². The lowest BCUT2D eigenvalue weighted by Crippen LogP contribution is -2.28. The van der Waals surface area contributed by atoms with E-state index in [4.69, 9.17) is 10.8 Å². The number of carbonyl (C=O) groups excluding carboxylic acids is 1. The van der Waals surface area contributed by atoms with Gasteiger partial charge in [-0.3, -0.25) is 4.79 Å². The minimum Gasteiger partial charge on any atom is -0.383 e. The molecule has 0 saturated heterocycles. The van der Waals surface area contributed by atoms with Crippen LogP contribution in [0.25, 0.3) is 0 Å². The van der Waals surface area contributed by atoms with Gasteiger partial charge in [0.25, 0.3) is 0 Å². The Hall–Kier alpha value is -0.220. The first kappa shape index (κ1) is 8.78. The molecule has 9 heavy (non-hydrogen) atoms. The summed E-state index contributed by atoms with van der Waals surface area (Å²) in [5, 5.41) is 8.77. The van der Waals surface area contributed by atoms with Crippen LogP contribution in [-0.2, 0) is 4.79 Å². The Morgan fingerprint density at radius 2 is 2.44 bits per heavy atom. The van der Waals surface area contributed by atoms with E-state index in [-0.39, 0.29) is 0 Å². The average Bonchev–Trinajstić information content (AvgIpc) is 1.82. The first-order valence-corrected chi connectivity index (χ1v) is 4.04. The van der Waals surface area contributed by atoms with Gasteiger partial charge >= 0.3 is 0 Å². The normalized spacial score (nSPS) is 13.1. The molecule has 0 radical (unpaired) electrons. The number of amides is 1. The number of aliphatic hydroxyl groups is 1. The maximum atomic E-state index is 10.2. The lowest BCUT2D eigenvalue weighted by Gasteiger charge is -2.02. The van der Waals surface area contributed by atoms with Crippen LogP contribution in [0.15, 0.2) is 0 Å². The van der Waals surface area contributed by atoms with Crippen molar-refractivity contribution in [3.05, 3.63) is 0 Å². The Morgan fingerprint density at radius 1 is 1.89 bits per heavy atom. The van der Waals surface area contributed by atoms with E-state index >= 15 is 0 Å². The molecule has 0 aliphatic carbocycles. The largest absolute Gasteiger partial charge is 0.383 e. The van der Waals surface area contributed by atoms with Crippen LogP contribution in [0.1, 0.15) is 6.42 Å². The predicted octanol–water partition coefficient (Wildman–Crippen LogP) is -0.414. The summed E-state index contributed by atoms with van der Waals surface area (Å²) in [5.74, 6) is 0.133. The zero-order chi connectivity index (χ0) is 7.28. The zero-order valence-corrected chi connectivity index (χ0v) is 6.15. The Morgan fingerprint density at radius 3 is 2.78 bits per heavy atom. The molecule has 0 bridgehead atoms. The smallest absolute Gasteiger partial charge is 0.246 e. The monoisotopic (exact) mass is 149 g/mol. The van der Waals surface area contributed by atoms with Crippen LogP contribution in [0.4, 0.5) is 0 Å². The molecule has 0 aromatic rings. The minimum atomic E-state index is -0.961. The lowest BCUT2D eigenvalue weighted by molar-refractivity contribution is -0.126. The summed E-state index contributed by atoms with van der Waals surface area (Å²) in [6.07, 6.45) is 1.40. The van der Waals surface area contributed by atoms with E-state index in [2.05, 4.69) is 0 Å². The number of hydrogen-bond acceptors (Lipinski definition) is 3. The number of hydrogen-bond donors (Lipinski definition) is 2. The standard InChI is InChI=1S/C5H11NO2S/c1-9-3-2-4(7)5(6)8/h4,7H,2-3H2,1H3,(H2,6,8). The summed E-state index contributed by atoms with van der Waals surface area (Å²) < 4.78 is 0. The van der Waals surface area contributed by atoms with Crippen molar-refractivity contribution in [1.82, 2.24) is 0 Å². The molecule has 0 spiro atoms. The van der Waals surface area contributed by atoms with Crippen LogP contribution in [0.5, 0.6) is 0 Å². The molecule has 54 valence electrons. The predicted molar refractivity (Wildman–Crippen MR) is 38.2 cm³/mol. The average molecular weight is 149 g/mol. The number of thioether (sulfide) groups is 1. The van der Waals surface area contributed by atoms with Crippen LogP contribution in [-0.4, -0.2) is 29.1 Å². The van der Waals surface area contributed by atoms with Gasteiger partial charge in [0.1, 0.15) is 6.10 Å². The van der Waals surface area contributed by atoms with Crippen molar-refractivity contribution >= 4 is 17.7 Å². The van der Waals surface area contributed by atoms with E-state index < -0.39 is 12.0 Å². The van der Waals surface area contributed by atoms with Crippen LogP contribution < -0.4 is 5.73 Å². The SMILES string of the molecule is CSCCC(O)C(N)=O. The molecule has 0 saturated carbocycles. The van der Waals surface area contributed by atoms with Gasteiger partial charge in [0.15, 0.2) is 0 Å². The second-order valence-corrected chi connectivity index (χ2v) is 2.69. The summed E-state index contributed by atoms with van der Waals surface area (Å²) in [5.41, 5.74) is 4.78. The highest BCUT2D eigenvalue weighted by Gasteiger charge is 2.08. The van der Waals surface area contributed by atoms with Gasteiger partial charge in [0, 0.05) is 0 Å². The van der Waals surface area contributed by atoms with E-state index in [1.54, 1.807) is 11.8 Å². The fraction of sp³-hybridized carbons (Fsp3) is 0.800. The van der Waals surface area contributed by atoms with Crippen molar-refractivity contribution in [2.45, 2.75) is 12.5 Å². The van der Waals surface area contributed by atoms with Crippen molar-refractivity contribution in [2.75, 3.05) is 12.0 Å². The van der Waals surface area contributed by atoms with Crippen LogP contribution in [0.2, 0.25) is 0 Å². The first-order valence-electron chi connectivity index (χ1n) is 2.64. The van der Waals surface area contributed by atoms with E-state index in [9.17, 15) is 4.79 Å². The van der Waals surface area contributed by atoms with Crippen molar-refractivity contribution in [2.24, 2.45) is 5.73 Å². The third-order valence-corrected chi connectivity index (χ3v) is 1.57. The van der Waals surface area contributed by atoms with Gasteiger partial charge in [-0.2, -0.15) is 11.8 Å². The summed E-state index contributed by atoms with van der Waals surface area (Å²) in [6.45, 7) is 0. The third-order valence-electron chi connectivity index (χ3n) is 0.924. The second-order valence-electron chi connectivity index (χ2n) is 1.70. The Labute approximate surface area is 58.6 Å². The third kappa shape index (κ3) is 4.29. The molecule has 1 atom stereocenters. The number of aliphatic hydroxyl groups excluding tert-OH is 1. The highest BCUT2D eigenvalue weighted by atomic mass is 32.2. The summed E-state index contributed by atoms with van der Waals surface area (Å²) >= 11 is 1.58. The number of nitrogens with two attached hydrogens (primary N) is 1. The molecule has 4 heteroatoms. The first-order chi connectivity index (χ1) is 4.18. The zero-order valence-electron chi connectivity index (χ0n) is 5.33. The minimum absolute atomic E-state index is 0.455. The molecule has 0 aromatic heterocycles. The van der Waals surface area contributed by atoms with Gasteiger partial charge in [-0.05, 0) is 18.4 Å². The van der Waals surface area contributed by atoms with Crippen LogP contribution >= 0.6 is 11.8 Å². The van der Waals surface area contributed by atoms with E-state index in [0.717, 1.165) is 5.75 Å². The molecule has 0 aliphatic rings. The maximum absolute atomic E-state index is 10.2. The van der Waals surface area contributed by atoms with Gasteiger partial charge in [-0.25, -0.2) is 0 Å². The second kappa shape index (κ2) is 4.64. The van der Waals surface area contributed by atoms with Crippen LogP contribution in [0, 0.1) is 0 Å². The van der Waals surface area contributed by atoms with Crippen molar-refractivity contribution in [1.29, 1.82) is 0 Å². The van der Waals surface area contributed by atoms with Crippen molar-refractivity contribution in [3.8, 4) is 0 Å².